The van der Waals surface area contributed by atoms with Crippen molar-refractivity contribution in [2.24, 2.45) is 5.41 Å². The van der Waals surface area contributed by atoms with E-state index in [9.17, 15) is 19.6 Å². The molecule has 1 unspecified atom stereocenters. The van der Waals surface area contributed by atoms with Gasteiger partial charge in [-0.1, -0.05) is 17.2 Å². The number of hydrogen-bond acceptors (Lipinski definition) is 7. The van der Waals surface area contributed by atoms with E-state index in [0.29, 0.717) is 0 Å². The maximum absolute atomic E-state index is 12.0. The van der Waals surface area contributed by atoms with E-state index in [-0.39, 0.29) is 23.4 Å². The van der Waals surface area contributed by atoms with Crippen LogP contribution in [-0.4, -0.2) is 47.6 Å². The van der Waals surface area contributed by atoms with E-state index in [4.69, 9.17) is 5.21 Å². The van der Waals surface area contributed by atoms with Crippen LogP contribution in [0.25, 0.3) is 0 Å². The summed E-state index contributed by atoms with van der Waals surface area (Å²) in [4.78, 5) is 39.0. The number of likely N-dealkylation sites (N-methyl/N-ethyl adjacent to an activating group) is 1. The highest BCUT2D eigenvalue weighted by Gasteiger charge is 2.31. The van der Waals surface area contributed by atoms with Crippen LogP contribution in [0.4, 0.5) is 0 Å². The second-order valence-corrected chi connectivity index (χ2v) is 5.90. The molecular formula is C11H21N3O6S. The molecule has 0 aromatic rings. The summed E-state index contributed by atoms with van der Waals surface area (Å²) < 4.78 is 0. The topological polar surface area (TPSA) is 132 Å². The molecule has 0 aliphatic heterocycles. The number of amides is 2. The average molecular weight is 323 g/mol. The van der Waals surface area contributed by atoms with Crippen LogP contribution in [0.3, 0.4) is 0 Å². The summed E-state index contributed by atoms with van der Waals surface area (Å²) in [5, 5.41) is 21.8. The summed E-state index contributed by atoms with van der Waals surface area (Å²) >= 11 is 0.841. The third-order valence-corrected chi connectivity index (χ3v) is 3.75. The fourth-order valence-corrected chi connectivity index (χ4v) is 2.26. The Morgan fingerprint density at radius 3 is 2.43 bits per heavy atom. The molecule has 0 aromatic heterocycles. The summed E-state index contributed by atoms with van der Waals surface area (Å²) in [5.41, 5.74) is -1.02. The van der Waals surface area contributed by atoms with E-state index in [1.165, 1.54) is 14.0 Å². The summed E-state index contributed by atoms with van der Waals surface area (Å²) in [6.45, 7) is 4.07. The van der Waals surface area contributed by atoms with Crippen molar-refractivity contribution in [2.75, 3.05) is 19.4 Å². The molecule has 122 valence electrons. The lowest BCUT2D eigenvalue weighted by Crippen LogP contribution is -3.03. The zero-order chi connectivity index (χ0) is 16.6. The molecule has 0 spiro atoms. The highest BCUT2D eigenvalue weighted by Crippen LogP contribution is 2.24. The standard InChI is InChI=1S/C11H21N3O6S/c1-7(15)13-8(9(16)12-4)5-21-10(17)11(2,3)6-20-14(18)19/h8,14,18H,5-6H2,1-4H3,(H,12,16)(H,13,15)/t8-/m0/s1. The first-order valence-corrected chi connectivity index (χ1v) is 7.10. The third-order valence-electron chi connectivity index (χ3n) is 2.43. The summed E-state index contributed by atoms with van der Waals surface area (Å²) in [6.07, 6.45) is 0. The van der Waals surface area contributed by atoms with Gasteiger partial charge in [0.2, 0.25) is 11.8 Å². The van der Waals surface area contributed by atoms with Crippen LogP contribution in [0, 0.1) is 10.6 Å². The summed E-state index contributed by atoms with van der Waals surface area (Å²) in [5.74, 6) is -0.746. The van der Waals surface area contributed by atoms with Crippen molar-refractivity contribution in [3.8, 4) is 0 Å². The number of quaternary nitrogens is 1. The maximum atomic E-state index is 12.0. The first kappa shape index (κ1) is 19.8. The van der Waals surface area contributed by atoms with E-state index in [0.717, 1.165) is 11.8 Å². The van der Waals surface area contributed by atoms with Crippen LogP contribution < -0.4 is 16.0 Å². The maximum Gasteiger partial charge on any atom is 0.243 e. The quantitative estimate of drug-likeness (QED) is 0.388. The lowest BCUT2D eigenvalue weighted by Gasteiger charge is -2.23. The second-order valence-electron chi connectivity index (χ2n) is 4.90. The predicted molar refractivity (Wildman–Crippen MR) is 75.0 cm³/mol. The van der Waals surface area contributed by atoms with Gasteiger partial charge < -0.3 is 15.8 Å². The van der Waals surface area contributed by atoms with Gasteiger partial charge in [-0.25, -0.2) is 0 Å². The van der Waals surface area contributed by atoms with Crippen LogP contribution >= 0.6 is 11.8 Å². The molecule has 0 fully saturated rings. The van der Waals surface area contributed by atoms with Crippen molar-refractivity contribution in [3.05, 3.63) is 5.21 Å². The minimum absolute atomic E-state index is 0.0502. The zero-order valence-corrected chi connectivity index (χ0v) is 13.2. The van der Waals surface area contributed by atoms with Crippen LogP contribution in [-0.2, 0) is 19.2 Å². The Labute approximate surface area is 126 Å². The number of nitrogens with one attached hydrogen (secondary N) is 3. The molecule has 0 heterocycles. The van der Waals surface area contributed by atoms with Gasteiger partial charge in [0.25, 0.3) is 0 Å². The highest BCUT2D eigenvalue weighted by atomic mass is 32.2. The monoisotopic (exact) mass is 323 g/mol. The van der Waals surface area contributed by atoms with Crippen LogP contribution in [0.15, 0.2) is 0 Å². The molecule has 0 aromatic carbocycles. The molecule has 0 aliphatic rings. The molecule has 9 nitrogen and oxygen atoms in total. The molecule has 21 heavy (non-hydrogen) atoms. The minimum Gasteiger partial charge on any atom is -0.566 e. The van der Waals surface area contributed by atoms with Crippen molar-refractivity contribution in [2.45, 2.75) is 26.8 Å². The number of rotatable bonds is 8. The van der Waals surface area contributed by atoms with Crippen LogP contribution in [0.1, 0.15) is 20.8 Å². The molecule has 0 aliphatic carbocycles. The molecule has 2 atom stereocenters. The first-order valence-electron chi connectivity index (χ1n) is 6.11. The number of carbonyl (C=O) groups is 3. The summed E-state index contributed by atoms with van der Waals surface area (Å²) in [7, 11) is 1.42. The average Bonchev–Trinajstić information content (AvgIpc) is 2.39. The predicted octanol–water partition coefficient (Wildman–Crippen LogP) is -1.77. The largest absolute Gasteiger partial charge is 0.566 e. The van der Waals surface area contributed by atoms with Crippen molar-refractivity contribution >= 4 is 28.7 Å². The van der Waals surface area contributed by atoms with Gasteiger partial charge in [-0.3, -0.25) is 14.4 Å². The van der Waals surface area contributed by atoms with E-state index in [1.54, 1.807) is 13.8 Å². The lowest BCUT2D eigenvalue weighted by molar-refractivity contribution is -1.21. The Morgan fingerprint density at radius 2 is 2.00 bits per heavy atom. The Kier molecular flexibility index (Phi) is 8.44. The number of carbonyl (C=O) groups excluding carboxylic acids is 3. The SMILES string of the molecule is CNC(=O)[C@H](CSC(=O)C(C)(C)CO[NH+]([O-])O)NC(C)=O. The molecule has 0 saturated carbocycles. The Hall–Kier alpha value is -1.20. The highest BCUT2D eigenvalue weighted by molar-refractivity contribution is 8.13. The van der Waals surface area contributed by atoms with Crippen molar-refractivity contribution in [1.29, 1.82) is 0 Å². The van der Waals surface area contributed by atoms with Gasteiger partial charge in [0.05, 0.1) is 5.41 Å². The second kappa shape index (κ2) is 8.95. The van der Waals surface area contributed by atoms with E-state index >= 15 is 0 Å². The Morgan fingerprint density at radius 1 is 1.43 bits per heavy atom. The normalized spacial score (nSPS) is 14.2. The summed E-state index contributed by atoms with van der Waals surface area (Å²) in [6, 6.07) is -0.836. The fourth-order valence-electron chi connectivity index (χ4n) is 1.26. The molecular weight excluding hydrogens is 302 g/mol. The molecule has 0 saturated heterocycles. The van der Waals surface area contributed by atoms with Crippen LogP contribution in [0.5, 0.6) is 0 Å². The van der Waals surface area contributed by atoms with Crippen molar-refractivity contribution < 1.29 is 29.8 Å². The van der Waals surface area contributed by atoms with Gasteiger partial charge in [-0.15, -0.1) is 0 Å². The van der Waals surface area contributed by atoms with Crippen molar-refractivity contribution in [3.63, 3.8) is 0 Å². The number of thioether (sulfide) groups is 1. The van der Waals surface area contributed by atoms with Gasteiger partial charge in [0.15, 0.2) is 5.12 Å². The molecule has 0 rings (SSSR count). The van der Waals surface area contributed by atoms with Gasteiger partial charge in [-0.2, -0.15) is 10.0 Å². The molecule has 0 bridgehead atoms. The van der Waals surface area contributed by atoms with Gasteiger partial charge >= 0.3 is 0 Å². The fraction of sp³-hybridized carbons (Fsp3) is 0.727. The van der Waals surface area contributed by atoms with Gasteiger partial charge in [0, 0.05) is 19.7 Å². The van der Waals surface area contributed by atoms with Gasteiger partial charge in [-0.05, 0) is 13.8 Å². The Bertz CT molecular complexity index is 388. The van der Waals surface area contributed by atoms with E-state index in [2.05, 4.69) is 15.5 Å². The lowest BCUT2D eigenvalue weighted by atomic mass is 9.97. The van der Waals surface area contributed by atoms with E-state index < -0.39 is 22.8 Å². The number of hydrogen-bond donors (Lipinski definition) is 4. The van der Waals surface area contributed by atoms with Crippen LogP contribution in [0.2, 0.25) is 0 Å². The molecule has 0 radical (unpaired) electrons. The molecule has 4 N–H and O–H groups in total. The minimum atomic E-state index is -1.46. The van der Waals surface area contributed by atoms with Gasteiger partial charge in [0.1, 0.15) is 12.6 Å². The third kappa shape index (κ3) is 7.97. The molecule has 2 amide bonds. The molecule has 10 heteroatoms. The first-order chi connectivity index (χ1) is 9.60. The zero-order valence-electron chi connectivity index (χ0n) is 12.4. The van der Waals surface area contributed by atoms with Crippen molar-refractivity contribution in [1.82, 2.24) is 10.6 Å². The smallest absolute Gasteiger partial charge is 0.243 e. The Balaban J connectivity index is 4.53. The van der Waals surface area contributed by atoms with E-state index in [1.807, 2.05) is 0 Å².